The van der Waals surface area contributed by atoms with Crippen LogP contribution < -0.4 is 4.74 Å². The molecule has 174 valence electrons. The van der Waals surface area contributed by atoms with Crippen LogP contribution in [-0.4, -0.2) is 40.9 Å². The van der Waals surface area contributed by atoms with Gasteiger partial charge in [-0.05, 0) is 67.4 Å². The molecule has 0 unspecified atom stereocenters. The predicted octanol–water partition coefficient (Wildman–Crippen LogP) is 6.82. The van der Waals surface area contributed by atoms with Crippen LogP contribution in [-0.2, 0) is 0 Å². The Kier molecular flexibility index (Phi) is 6.31. The van der Waals surface area contributed by atoms with Gasteiger partial charge in [0.15, 0.2) is 5.76 Å². The Morgan fingerprint density at radius 3 is 2.53 bits per heavy atom. The molecule has 0 bridgehead atoms. The SMILES string of the molecule is CCCN1CC(Oc2ccc(-c3c(-c4ccccc4Cl)noc3-c3ccc(O)cc3C)cc2)C1. The van der Waals surface area contributed by atoms with Crippen molar-refractivity contribution in [3.05, 3.63) is 77.3 Å². The lowest BCUT2D eigenvalue weighted by Crippen LogP contribution is -2.53. The summed E-state index contributed by atoms with van der Waals surface area (Å²) >= 11 is 6.53. The summed E-state index contributed by atoms with van der Waals surface area (Å²) in [5.74, 6) is 1.70. The molecule has 1 aliphatic rings. The van der Waals surface area contributed by atoms with Gasteiger partial charge >= 0.3 is 0 Å². The van der Waals surface area contributed by atoms with Crippen LogP contribution in [0.5, 0.6) is 11.5 Å². The van der Waals surface area contributed by atoms with Gasteiger partial charge in [0, 0.05) is 24.2 Å². The molecular formula is C28H27ClN2O3. The van der Waals surface area contributed by atoms with Gasteiger partial charge in [-0.3, -0.25) is 4.90 Å². The summed E-state index contributed by atoms with van der Waals surface area (Å²) in [6.07, 6.45) is 1.40. The van der Waals surface area contributed by atoms with Gasteiger partial charge in [-0.25, -0.2) is 0 Å². The van der Waals surface area contributed by atoms with Crippen LogP contribution in [0.15, 0.2) is 71.3 Å². The molecule has 3 aromatic carbocycles. The van der Waals surface area contributed by atoms with E-state index in [4.69, 9.17) is 20.9 Å². The zero-order valence-corrected chi connectivity index (χ0v) is 20.0. The first-order valence-electron chi connectivity index (χ1n) is 11.6. The van der Waals surface area contributed by atoms with Gasteiger partial charge in [0.25, 0.3) is 0 Å². The molecule has 34 heavy (non-hydrogen) atoms. The fraction of sp³-hybridized carbons (Fsp3) is 0.250. The van der Waals surface area contributed by atoms with E-state index in [0.717, 1.165) is 59.6 Å². The Bertz CT molecular complexity index is 1290. The maximum Gasteiger partial charge on any atom is 0.175 e. The molecule has 6 heteroatoms. The number of halogens is 1. The molecular weight excluding hydrogens is 448 g/mol. The Morgan fingerprint density at radius 1 is 1.06 bits per heavy atom. The fourth-order valence-electron chi connectivity index (χ4n) is 4.47. The van der Waals surface area contributed by atoms with E-state index in [1.54, 1.807) is 12.1 Å². The number of hydrogen-bond donors (Lipinski definition) is 1. The lowest BCUT2D eigenvalue weighted by atomic mass is 9.94. The van der Waals surface area contributed by atoms with Crippen LogP contribution in [0.1, 0.15) is 18.9 Å². The van der Waals surface area contributed by atoms with Crippen molar-refractivity contribution >= 4 is 11.6 Å². The highest BCUT2D eigenvalue weighted by Crippen LogP contribution is 2.43. The molecule has 1 N–H and O–H groups in total. The fourth-order valence-corrected chi connectivity index (χ4v) is 4.70. The maximum atomic E-state index is 9.88. The Balaban J connectivity index is 1.52. The van der Waals surface area contributed by atoms with Crippen molar-refractivity contribution in [2.75, 3.05) is 19.6 Å². The largest absolute Gasteiger partial charge is 0.508 e. The number of aryl methyl sites for hydroxylation is 1. The molecule has 5 rings (SSSR count). The standard InChI is InChI=1S/C28H27ClN2O3/c1-3-14-31-16-22(17-31)33-21-11-8-19(9-12-21)26-27(24-6-4-5-7-25(24)29)30-34-28(26)23-13-10-20(32)15-18(23)2/h4-13,15,22,32H,3,14,16-17H2,1-2H3. The van der Waals surface area contributed by atoms with Crippen LogP contribution in [0.2, 0.25) is 5.02 Å². The van der Waals surface area contributed by atoms with Gasteiger partial charge in [0.1, 0.15) is 23.3 Å². The highest BCUT2D eigenvalue weighted by molar-refractivity contribution is 6.33. The normalized spacial score (nSPS) is 14.2. The third kappa shape index (κ3) is 4.41. The topological polar surface area (TPSA) is 58.7 Å². The van der Waals surface area contributed by atoms with Crippen molar-refractivity contribution in [2.45, 2.75) is 26.4 Å². The zero-order valence-electron chi connectivity index (χ0n) is 19.3. The van der Waals surface area contributed by atoms with Gasteiger partial charge < -0.3 is 14.4 Å². The number of benzene rings is 3. The van der Waals surface area contributed by atoms with Crippen molar-refractivity contribution in [1.29, 1.82) is 0 Å². The first-order chi connectivity index (χ1) is 16.5. The Hall–Kier alpha value is -3.28. The number of ether oxygens (including phenoxy) is 1. The molecule has 0 saturated carbocycles. The highest BCUT2D eigenvalue weighted by atomic mass is 35.5. The lowest BCUT2D eigenvalue weighted by molar-refractivity contribution is 0.0203. The van der Waals surface area contributed by atoms with Gasteiger partial charge in [-0.15, -0.1) is 0 Å². The van der Waals surface area contributed by atoms with E-state index in [-0.39, 0.29) is 11.9 Å². The number of nitrogens with zero attached hydrogens (tertiary/aromatic N) is 2. The van der Waals surface area contributed by atoms with Gasteiger partial charge in [-0.2, -0.15) is 0 Å². The van der Waals surface area contributed by atoms with Crippen molar-refractivity contribution < 1.29 is 14.4 Å². The summed E-state index contributed by atoms with van der Waals surface area (Å²) in [5, 5.41) is 14.9. The first-order valence-corrected chi connectivity index (χ1v) is 11.9. The number of phenolic OH excluding ortho intramolecular Hbond substituents is 1. The van der Waals surface area contributed by atoms with E-state index in [9.17, 15) is 5.11 Å². The molecule has 4 aromatic rings. The van der Waals surface area contributed by atoms with E-state index in [1.165, 1.54) is 0 Å². The van der Waals surface area contributed by atoms with E-state index in [2.05, 4.69) is 17.0 Å². The van der Waals surface area contributed by atoms with Crippen LogP contribution in [0, 0.1) is 6.92 Å². The number of rotatable bonds is 7. The summed E-state index contributed by atoms with van der Waals surface area (Å²) in [4.78, 5) is 2.40. The molecule has 5 nitrogen and oxygen atoms in total. The maximum absolute atomic E-state index is 9.88. The van der Waals surface area contributed by atoms with Crippen LogP contribution in [0.3, 0.4) is 0 Å². The van der Waals surface area contributed by atoms with Crippen molar-refractivity contribution in [3.8, 4) is 45.2 Å². The van der Waals surface area contributed by atoms with Gasteiger partial charge in [-0.1, -0.05) is 54.0 Å². The Labute approximate surface area is 204 Å². The molecule has 0 spiro atoms. The van der Waals surface area contributed by atoms with Crippen molar-refractivity contribution in [2.24, 2.45) is 0 Å². The highest BCUT2D eigenvalue weighted by Gasteiger charge is 2.28. The third-order valence-corrected chi connectivity index (χ3v) is 6.51. The minimum Gasteiger partial charge on any atom is -0.508 e. The van der Waals surface area contributed by atoms with Crippen LogP contribution >= 0.6 is 11.6 Å². The summed E-state index contributed by atoms with van der Waals surface area (Å²) < 4.78 is 12.0. The molecule has 0 radical (unpaired) electrons. The monoisotopic (exact) mass is 474 g/mol. The first kappa shape index (κ1) is 22.5. The van der Waals surface area contributed by atoms with Gasteiger partial charge in [0.2, 0.25) is 0 Å². The number of phenols is 1. The second-order valence-corrected chi connectivity index (χ2v) is 9.15. The number of hydrogen-bond acceptors (Lipinski definition) is 5. The van der Waals surface area contributed by atoms with E-state index >= 15 is 0 Å². The molecule has 1 aromatic heterocycles. The molecule has 0 atom stereocenters. The van der Waals surface area contributed by atoms with Crippen molar-refractivity contribution in [1.82, 2.24) is 10.1 Å². The number of aromatic hydroxyl groups is 1. The molecule has 1 saturated heterocycles. The quantitative estimate of drug-likeness (QED) is 0.318. The van der Waals surface area contributed by atoms with E-state index in [0.29, 0.717) is 16.5 Å². The molecule has 1 fully saturated rings. The second kappa shape index (κ2) is 9.53. The third-order valence-electron chi connectivity index (χ3n) is 6.18. The summed E-state index contributed by atoms with van der Waals surface area (Å²) in [6, 6.07) is 20.9. The average Bonchev–Trinajstić information content (AvgIpc) is 3.23. The van der Waals surface area contributed by atoms with Gasteiger partial charge in [0.05, 0.1) is 10.6 Å². The average molecular weight is 475 g/mol. The molecule has 1 aliphatic heterocycles. The molecule has 0 aliphatic carbocycles. The van der Waals surface area contributed by atoms with E-state index in [1.807, 2.05) is 61.5 Å². The van der Waals surface area contributed by atoms with Crippen LogP contribution in [0.4, 0.5) is 0 Å². The van der Waals surface area contributed by atoms with E-state index < -0.39 is 0 Å². The zero-order chi connectivity index (χ0) is 23.7. The summed E-state index contributed by atoms with van der Waals surface area (Å²) in [7, 11) is 0. The predicted molar refractivity (Wildman–Crippen MR) is 135 cm³/mol. The van der Waals surface area contributed by atoms with Crippen LogP contribution in [0.25, 0.3) is 33.7 Å². The second-order valence-electron chi connectivity index (χ2n) is 8.74. The Morgan fingerprint density at radius 2 is 1.82 bits per heavy atom. The smallest absolute Gasteiger partial charge is 0.175 e. The number of aromatic nitrogens is 1. The number of likely N-dealkylation sites (tertiary alicyclic amines) is 1. The molecule has 2 heterocycles. The summed E-state index contributed by atoms with van der Waals surface area (Å²) in [6.45, 7) is 7.21. The molecule has 0 amide bonds. The van der Waals surface area contributed by atoms with Crippen molar-refractivity contribution in [3.63, 3.8) is 0 Å². The minimum absolute atomic E-state index is 0.212. The lowest BCUT2D eigenvalue weighted by Gasteiger charge is -2.38. The minimum atomic E-state index is 0.212. The summed E-state index contributed by atoms with van der Waals surface area (Å²) in [5.41, 5.74) is 5.04.